The van der Waals surface area contributed by atoms with Crippen LogP contribution in [0.5, 0.6) is 0 Å². The van der Waals surface area contributed by atoms with Crippen molar-refractivity contribution >= 4 is 32.7 Å². The Labute approximate surface area is 345 Å². The Morgan fingerprint density at radius 2 is 0.881 bits per heavy atom. The second-order valence-corrected chi connectivity index (χ2v) is 14.9. The van der Waals surface area contributed by atoms with Crippen LogP contribution in [0.15, 0.2) is 225 Å². The Morgan fingerprint density at radius 1 is 0.390 bits per heavy atom. The van der Waals surface area contributed by atoms with E-state index in [1.807, 2.05) is 6.07 Å². The molecule has 0 N–H and O–H groups in total. The molecule has 0 unspecified atom stereocenters. The van der Waals surface area contributed by atoms with Crippen molar-refractivity contribution in [3.05, 3.63) is 242 Å². The number of rotatable bonds is 6. The molecule has 1 heterocycles. The summed E-state index contributed by atoms with van der Waals surface area (Å²) in [6.07, 6.45) is 11.6. The third kappa shape index (κ3) is 6.92. The van der Waals surface area contributed by atoms with E-state index in [0.29, 0.717) is 5.82 Å². The monoisotopic (exact) mass is 752 g/mol. The minimum atomic E-state index is 0.684. The summed E-state index contributed by atoms with van der Waals surface area (Å²) in [5.41, 5.74) is 15.2. The molecule has 8 aromatic carbocycles. The van der Waals surface area contributed by atoms with Gasteiger partial charge in [0.25, 0.3) is 0 Å². The molecule has 0 amide bonds. The molecule has 0 atom stereocenters. The maximum absolute atomic E-state index is 5.30. The lowest BCUT2D eigenvalue weighted by Crippen LogP contribution is -1.97. The average molecular weight is 753 g/mol. The molecule has 2 heteroatoms. The lowest BCUT2D eigenvalue weighted by Gasteiger charge is -2.18. The van der Waals surface area contributed by atoms with Crippen LogP contribution < -0.4 is 0 Å². The Morgan fingerprint density at radius 3 is 1.53 bits per heavy atom. The van der Waals surface area contributed by atoms with Crippen LogP contribution in [0.2, 0.25) is 0 Å². The highest BCUT2D eigenvalue weighted by molar-refractivity contribution is 6.21. The first kappa shape index (κ1) is 35.7. The summed E-state index contributed by atoms with van der Waals surface area (Å²) in [6, 6.07) is 66.9. The Bertz CT molecular complexity index is 3060. The van der Waals surface area contributed by atoms with Crippen LogP contribution in [0.1, 0.15) is 23.1 Å². The number of allylic oxidation sites excluding steroid dienone is 6. The fourth-order valence-electron chi connectivity index (χ4n) is 8.46. The lowest BCUT2D eigenvalue weighted by atomic mass is 9.85. The first-order valence-corrected chi connectivity index (χ1v) is 20.2. The van der Waals surface area contributed by atoms with E-state index in [1.54, 1.807) is 0 Å². The minimum Gasteiger partial charge on any atom is -0.228 e. The summed E-state index contributed by atoms with van der Waals surface area (Å²) < 4.78 is 0. The van der Waals surface area contributed by atoms with Gasteiger partial charge in [-0.3, -0.25) is 0 Å². The molecule has 0 spiro atoms. The number of hydrogen-bond donors (Lipinski definition) is 0. The molecular weight excluding hydrogens is 713 g/mol. The van der Waals surface area contributed by atoms with E-state index in [0.717, 1.165) is 56.8 Å². The predicted octanol–water partition coefficient (Wildman–Crippen LogP) is 15.1. The number of nitrogens with zero attached hydrogens (tertiary/aromatic N) is 2. The van der Waals surface area contributed by atoms with Crippen LogP contribution in [0.3, 0.4) is 0 Å². The molecule has 0 aliphatic heterocycles. The van der Waals surface area contributed by atoms with Gasteiger partial charge in [-0.1, -0.05) is 213 Å². The van der Waals surface area contributed by atoms with Gasteiger partial charge in [-0.15, -0.1) is 0 Å². The zero-order valence-electron chi connectivity index (χ0n) is 32.6. The van der Waals surface area contributed by atoms with Crippen LogP contribution in [-0.4, -0.2) is 9.97 Å². The number of fused-ring (bicyclic) bond motifs is 3. The van der Waals surface area contributed by atoms with Crippen molar-refractivity contribution in [2.75, 3.05) is 0 Å². The molecule has 1 aliphatic rings. The quantitative estimate of drug-likeness (QED) is 0.158. The highest BCUT2D eigenvalue weighted by atomic mass is 14.9. The summed E-state index contributed by atoms with van der Waals surface area (Å²) in [7, 11) is 0. The number of aromatic nitrogens is 2. The Hall–Kier alpha value is -7.68. The second-order valence-electron chi connectivity index (χ2n) is 14.9. The van der Waals surface area contributed by atoms with Crippen molar-refractivity contribution in [3.8, 4) is 56.2 Å². The van der Waals surface area contributed by atoms with E-state index in [1.165, 1.54) is 49.4 Å². The molecule has 0 radical (unpaired) electrons. The van der Waals surface area contributed by atoms with Crippen LogP contribution in [0.4, 0.5) is 0 Å². The van der Waals surface area contributed by atoms with Gasteiger partial charge in [0.05, 0.1) is 11.4 Å². The van der Waals surface area contributed by atoms with Gasteiger partial charge in [-0.25, -0.2) is 9.97 Å². The van der Waals surface area contributed by atoms with E-state index >= 15 is 0 Å². The van der Waals surface area contributed by atoms with Crippen molar-refractivity contribution < 1.29 is 0 Å². The molecule has 9 aromatic rings. The Balaban J connectivity index is 1.10. The smallest absolute Gasteiger partial charge is 0.160 e. The minimum absolute atomic E-state index is 0.684. The highest BCUT2D eigenvalue weighted by Gasteiger charge is 2.18. The van der Waals surface area contributed by atoms with E-state index in [9.17, 15) is 0 Å². The lowest BCUT2D eigenvalue weighted by molar-refractivity contribution is 1.18. The normalized spacial score (nSPS) is 14.6. The SMILES string of the molecule is C=C1/C=C\C=C/C/C=C(/c2ccc(-c3cc(-c4ccccc4)nc(-c4cccc(-c5c6ccccc6c(-c6ccccc6)c6ccccc56)c4)n3)cc2)c2ccccc21. The Kier molecular flexibility index (Phi) is 9.50. The molecule has 1 aliphatic carbocycles. The summed E-state index contributed by atoms with van der Waals surface area (Å²) >= 11 is 0. The van der Waals surface area contributed by atoms with Gasteiger partial charge in [-0.05, 0) is 90.2 Å². The van der Waals surface area contributed by atoms with Crippen LogP contribution >= 0.6 is 0 Å². The first-order valence-electron chi connectivity index (χ1n) is 20.2. The van der Waals surface area contributed by atoms with Crippen LogP contribution in [0, 0.1) is 0 Å². The highest BCUT2D eigenvalue weighted by Crippen LogP contribution is 2.44. The summed E-state index contributed by atoms with van der Waals surface area (Å²) in [5, 5.41) is 4.89. The number of benzene rings is 8. The van der Waals surface area contributed by atoms with Crippen molar-refractivity contribution in [3.63, 3.8) is 0 Å². The van der Waals surface area contributed by atoms with Gasteiger partial charge >= 0.3 is 0 Å². The van der Waals surface area contributed by atoms with Gasteiger partial charge in [-0.2, -0.15) is 0 Å². The molecule has 0 fully saturated rings. The van der Waals surface area contributed by atoms with Gasteiger partial charge < -0.3 is 0 Å². The molecule has 2 nitrogen and oxygen atoms in total. The average Bonchev–Trinajstić information content (AvgIpc) is 3.31. The molecule has 278 valence electrons. The molecular formula is C57H40N2. The standard InChI is InChI=1S/C57H40N2/c1-39-19-6-2-3-11-27-47(48-28-13-12-26-46(39)48)40-33-35-42(36-34-40)54-38-53(41-20-7-4-8-21-41)58-57(59-54)45-25-18-24-44(37-45)56-51-31-16-14-29-49(51)55(43-22-9-5-10-23-43)50-30-15-17-32-52(50)56/h2-10,12-38H,1,11H2/b3-2-,19-6-,47-27-. The zero-order valence-corrected chi connectivity index (χ0v) is 32.6. The third-order valence-electron chi connectivity index (χ3n) is 11.3. The van der Waals surface area contributed by atoms with Crippen molar-refractivity contribution in [2.45, 2.75) is 6.42 Å². The predicted molar refractivity (Wildman–Crippen MR) is 250 cm³/mol. The van der Waals surface area contributed by atoms with Crippen molar-refractivity contribution in [1.82, 2.24) is 9.97 Å². The summed E-state index contributed by atoms with van der Waals surface area (Å²) in [4.78, 5) is 10.5. The largest absolute Gasteiger partial charge is 0.228 e. The molecule has 0 bridgehead atoms. The molecule has 10 rings (SSSR count). The fourth-order valence-corrected chi connectivity index (χ4v) is 8.46. The maximum Gasteiger partial charge on any atom is 0.160 e. The van der Waals surface area contributed by atoms with E-state index in [4.69, 9.17) is 9.97 Å². The van der Waals surface area contributed by atoms with Crippen molar-refractivity contribution in [2.24, 2.45) is 0 Å². The molecule has 0 saturated heterocycles. The van der Waals surface area contributed by atoms with Crippen molar-refractivity contribution in [1.29, 1.82) is 0 Å². The van der Waals surface area contributed by atoms with Gasteiger partial charge in [0.2, 0.25) is 0 Å². The summed E-state index contributed by atoms with van der Waals surface area (Å²) in [5.74, 6) is 0.684. The number of hydrogen-bond acceptors (Lipinski definition) is 2. The van der Waals surface area contributed by atoms with E-state index in [-0.39, 0.29) is 0 Å². The molecule has 0 saturated carbocycles. The first-order chi connectivity index (χ1) is 29.2. The molecule has 59 heavy (non-hydrogen) atoms. The fraction of sp³-hybridized carbons (Fsp3) is 0.0175. The maximum atomic E-state index is 5.30. The van der Waals surface area contributed by atoms with Gasteiger partial charge in [0.15, 0.2) is 5.82 Å². The van der Waals surface area contributed by atoms with Crippen LogP contribution in [-0.2, 0) is 0 Å². The zero-order chi connectivity index (χ0) is 39.5. The third-order valence-corrected chi connectivity index (χ3v) is 11.3. The summed E-state index contributed by atoms with van der Waals surface area (Å²) in [6.45, 7) is 4.38. The van der Waals surface area contributed by atoms with E-state index in [2.05, 4.69) is 219 Å². The topological polar surface area (TPSA) is 25.8 Å². The van der Waals surface area contributed by atoms with Gasteiger partial charge in [0, 0.05) is 16.7 Å². The van der Waals surface area contributed by atoms with Gasteiger partial charge in [0.1, 0.15) is 0 Å². The van der Waals surface area contributed by atoms with Crippen LogP contribution in [0.25, 0.3) is 88.8 Å². The second kappa shape index (κ2) is 15.7. The molecule has 1 aromatic heterocycles. The van der Waals surface area contributed by atoms with E-state index < -0.39 is 0 Å².